The molecule has 112 valence electrons. The maximum atomic E-state index is 12.6. The molecule has 1 aliphatic rings. The number of morpholine rings is 1. The van der Waals surface area contributed by atoms with Gasteiger partial charge in [0.05, 0.1) is 17.6 Å². The second kappa shape index (κ2) is 6.41. The zero-order valence-corrected chi connectivity index (χ0v) is 13.0. The highest BCUT2D eigenvalue weighted by Gasteiger charge is 2.30. The predicted octanol–water partition coefficient (Wildman–Crippen LogP) is 1.60. The molecule has 0 spiro atoms. The fourth-order valence-corrected chi connectivity index (χ4v) is 3.88. The molecule has 7 heteroatoms. The Labute approximate surface area is 124 Å². The molecule has 2 N–H and O–H groups in total. The number of benzene rings is 1. The highest BCUT2D eigenvalue weighted by Crippen LogP contribution is 2.24. The molecule has 0 aliphatic carbocycles. The van der Waals surface area contributed by atoms with Gasteiger partial charge in [-0.3, -0.25) is 0 Å². The van der Waals surface area contributed by atoms with Crippen molar-refractivity contribution in [1.82, 2.24) is 4.31 Å². The Bertz CT molecular complexity index is 577. The summed E-state index contributed by atoms with van der Waals surface area (Å²) in [5.41, 5.74) is 6.20. The van der Waals surface area contributed by atoms with Gasteiger partial charge >= 0.3 is 0 Å². The first-order valence-corrected chi connectivity index (χ1v) is 8.41. The third-order valence-electron chi connectivity index (χ3n) is 3.43. The van der Waals surface area contributed by atoms with Crippen LogP contribution in [-0.4, -0.2) is 38.5 Å². The molecular formula is C13H19ClN2O3S. The van der Waals surface area contributed by atoms with E-state index in [2.05, 4.69) is 0 Å². The van der Waals surface area contributed by atoms with Crippen molar-refractivity contribution in [3.8, 4) is 0 Å². The molecule has 1 aliphatic heterocycles. The summed E-state index contributed by atoms with van der Waals surface area (Å²) in [6.07, 6.45) is 0.751. The summed E-state index contributed by atoms with van der Waals surface area (Å²) in [6.45, 7) is 3.38. The molecule has 0 aromatic heterocycles. The van der Waals surface area contributed by atoms with Crippen LogP contribution in [0, 0.1) is 0 Å². The average molecular weight is 319 g/mol. The zero-order chi connectivity index (χ0) is 14.8. The van der Waals surface area contributed by atoms with E-state index in [1.165, 1.54) is 10.4 Å². The van der Waals surface area contributed by atoms with Gasteiger partial charge in [-0.15, -0.1) is 0 Å². The molecule has 0 radical (unpaired) electrons. The third-order valence-corrected chi connectivity index (χ3v) is 5.66. The van der Waals surface area contributed by atoms with E-state index in [0.29, 0.717) is 30.3 Å². The van der Waals surface area contributed by atoms with Crippen molar-refractivity contribution in [2.45, 2.75) is 30.9 Å². The molecule has 1 aromatic carbocycles. The SMILES string of the molecule is CCC1CN(S(=O)(=O)c2ccc(Cl)c(CN)c2)CCO1. The molecule has 2 rings (SSSR count). The van der Waals surface area contributed by atoms with Gasteiger partial charge in [0.2, 0.25) is 10.0 Å². The van der Waals surface area contributed by atoms with Gasteiger partial charge in [-0.25, -0.2) is 8.42 Å². The molecule has 1 atom stereocenters. The lowest BCUT2D eigenvalue weighted by molar-refractivity contribution is -0.00277. The van der Waals surface area contributed by atoms with E-state index in [4.69, 9.17) is 22.1 Å². The summed E-state index contributed by atoms with van der Waals surface area (Å²) < 4.78 is 32.2. The van der Waals surface area contributed by atoms with Crippen LogP contribution < -0.4 is 5.73 Å². The summed E-state index contributed by atoms with van der Waals surface area (Å²) in [6, 6.07) is 4.65. The number of halogens is 1. The topological polar surface area (TPSA) is 72.6 Å². The fraction of sp³-hybridized carbons (Fsp3) is 0.538. The largest absolute Gasteiger partial charge is 0.375 e. The van der Waals surface area contributed by atoms with E-state index < -0.39 is 10.0 Å². The number of hydrogen-bond acceptors (Lipinski definition) is 4. The van der Waals surface area contributed by atoms with E-state index in [9.17, 15) is 8.42 Å². The summed E-state index contributed by atoms with van der Waals surface area (Å²) in [5.74, 6) is 0. The maximum absolute atomic E-state index is 12.6. The average Bonchev–Trinajstić information content (AvgIpc) is 2.47. The van der Waals surface area contributed by atoms with E-state index >= 15 is 0 Å². The number of sulfonamides is 1. The van der Waals surface area contributed by atoms with Crippen molar-refractivity contribution in [3.63, 3.8) is 0 Å². The Morgan fingerprint density at radius 1 is 1.50 bits per heavy atom. The van der Waals surface area contributed by atoms with Crippen molar-refractivity contribution >= 4 is 21.6 Å². The number of ether oxygens (including phenoxy) is 1. The highest BCUT2D eigenvalue weighted by molar-refractivity contribution is 7.89. The van der Waals surface area contributed by atoms with E-state index in [0.717, 1.165) is 6.42 Å². The van der Waals surface area contributed by atoms with Crippen LogP contribution in [0.1, 0.15) is 18.9 Å². The van der Waals surface area contributed by atoms with Gasteiger partial charge in [0, 0.05) is 24.7 Å². The first-order chi connectivity index (χ1) is 9.48. The van der Waals surface area contributed by atoms with Gasteiger partial charge in [-0.05, 0) is 30.2 Å². The van der Waals surface area contributed by atoms with Crippen LogP contribution >= 0.6 is 11.6 Å². The molecular weight excluding hydrogens is 300 g/mol. The number of nitrogens with two attached hydrogens (primary N) is 1. The highest BCUT2D eigenvalue weighted by atomic mass is 35.5. The molecule has 1 unspecified atom stereocenters. The van der Waals surface area contributed by atoms with Crippen LogP contribution in [0.2, 0.25) is 5.02 Å². The number of nitrogens with zero attached hydrogens (tertiary/aromatic N) is 1. The summed E-state index contributed by atoms with van der Waals surface area (Å²) in [7, 11) is -3.52. The summed E-state index contributed by atoms with van der Waals surface area (Å²) >= 11 is 5.97. The van der Waals surface area contributed by atoms with Gasteiger partial charge in [0.25, 0.3) is 0 Å². The minimum Gasteiger partial charge on any atom is -0.375 e. The Balaban J connectivity index is 2.30. The molecule has 1 aromatic rings. The molecule has 1 heterocycles. The van der Waals surface area contributed by atoms with Crippen LogP contribution in [-0.2, 0) is 21.3 Å². The van der Waals surface area contributed by atoms with Gasteiger partial charge in [0.1, 0.15) is 0 Å². The van der Waals surface area contributed by atoms with Crippen LogP contribution in [0.3, 0.4) is 0 Å². The third kappa shape index (κ3) is 3.15. The van der Waals surface area contributed by atoms with Crippen LogP contribution in [0.25, 0.3) is 0 Å². The Morgan fingerprint density at radius 2 is 2.25 bits per heavy atom. The van der Waals surface area contributed by atoms with Crippen molar-refractivity contribution in [1.29, 1.82) is 0 Å². The minimum absolute atomic E-state index is 0.0418. The van der Waals surface area contributed by atoms with Gasteiger partial charge in [0.15, 0.2) is 0 Å². The predicted molar refractivity (Wildman–Crippen MR) is 78.1 cm³/mol. The standard InChI is InChI=1S/C13H19ClN2O3S/c1-2-11-9-16(5-6-19-11)20(17,18)12-3-4-13(14)10(7-12)8-15/h3-4,7,11H,2,5-6,8-9,15H2,1H3. The number of hydrogen-bond donors (Lipinski definition) is 1. The first kappa shape index (κ1) is 15.7. The Morgan fingerprint density at radius 3 is 2.90 bits per heavy atom. The van der Waals surface area contributed by atoms with Crippen molar-refractivity contribution < 1.29 is 13.2 Å². The van der Waals surface area contributed by atoms with Gasteiger partial charge in [-0.1, -0.05) is 18.5 Å². The van der Waals surface area contributed by atoms with E-state index in [-0.39, 0.29) is 17.5 Å². The number of rotatable bonds is 4. The lowest BCUT2D eigenvalue weighted by atomic mass is 10.2. The Hall–Kier alpha value is -0.660. The molecule has 0 amide bonds. The lowest BCUT2D eigenvalue weighted by Gasteiger charge is -2.31. The van der Waals surface area contributed by atoms with Crippen molar-refractivity contribution in [3.05, 3.63) is 28.8 Å². The zero-order valence-electron chi connectivity index (χ0n) is 11.4. The summed E-state index contributed by atoms with van der Waals surface area (Å²) in [4.78, 5) is 0.235. The van der Waals surface area contributed by atoms with E-state index in [1.807, 2.05) is 6.92 Å². The molecule has 0 bridgehead atoms. The smallest absolute Gasteiger partial charge is 0.243 e. The second-order valence-corrected chi connectivity index (χ2v) is 7.07. The normalized spacial score (nSPS) is 21.1. The molecule has 20 heavy (non-hydrogen) atoms. The molecule has 1 saturated heterocycles. The monoisotopic (exact) mass is 318 g/mol. The van der Waals surface area contributed by atoms with Gasteiger partial charge in [-0.2, -0.15) is 4.31 Å². The molecule has 1 fully saturated rings. The maximum Gasteiger partial charge on any atom is 0.243 e. The first-order valence-electron chi connectivity index (χ1n) is 6.59. The van der Waals surface area contributed by atoms with Gasteiger partial charge < -0.3 is 10.5 Å². The summed E-state index contributed by atoms with van der Waals surface area (Å²) in [5, 5.41) is 0.486. The Kier molecular flexibility index (Phi) is 5.04. The van der Waals surface area contributed by atoms with Crippen molar-refractivity contribution in [2.24, 2.45) is 5.73 Å². The molecule has 5 nitrogen and oxygen atoms in total. The quantitative estimate of drug-likeness (QED) is 0.915. The van der Waals surface area contributed by atoms with Crippen LogP contribution in [0.4, 0.5) is 0 Å². The van der Waals surface area contributed by atoms with E-state index in [1.54, 1.807) is 12.1 Å². The van der Waals surface area contributed by atoms with Crippen LogP contribution in [0.5, 0.6) is 0 Å². The fourth-order valence-electron chi connectivity index (χ4n) is 2.17. The molecule has 0 saturated carbocycles. The minimum atomic E-state index is -3.52. The second-order valence-electron chi connectivity index (χ2n) is 4.72. The lowest BCUT2D eigenvalue weighted by Crippen LogP contribution is -2.45. The van der Waals surface area contributed by atoms with Crippen molar-refractivity contribution in [2.75, 3.05) is 19.7 Å². The van der Waals surface area contributed by atoms with Crippen LogP contribution in [0.15, 0.2) is 23.1 Å².